The van der Waals surface area contributed by atoms with E-state index in [9.17, 15) is 9.59 Å². The number of nitrogens with one attached hydrogen (secondary N) is 1. The highest BCUT2D eigenvalue weighted by molar-refractivity contribution is 5.81. The lowest BCUT2D eigenvalue weighted by Gasteiger charge is -2.17. The first kappa shape index (κ1) is 21.3. The molecular weight excluding hydrogens is 370 g/mol. The molecule has 29 heavy (non-hydrogen) atoms. The molecule has 7 heteroatoms. The Balaban J connectivity index is 1.93. The highest BCUT2D eigenvalue weighted by Gasteiger charge is 2.18. The molecule has 1 atom stereocenters. The van der Waals surface area contributed by atoms with E-state index in [-0.39, 0.29) is 18.2 Å². The molecule has 1 aromatic carbocycles. The molecule has 1 aromatic heterocycles. The summed E-state index contributed by atoms with van der Waals surface area (Å²) in [6.45, 7) is 5.39. The summed E-state index contributed by atoms with van der Waals surface area (Å²) < 4.78 is 13.3. The van der Waals surface area contributed by atoms with Crippen LogP contribution in [0.4, 0.5) is 0 Å². The lowest BCUT2D eigenvalue weighted by atomic mass is 10.1. The van der Waals surface area contributed by atoms with Crippen LogP contribution in [0.3, 0.4) is 0 Å². The summed E-state index contributed by atoms with van der Waals surface area (Å²) >= 11 is 0. The van der Waals surface area contributed by atoms with Crippen molar-refractivity contribution in [2.45, 2.75) is 64.8 Å². The van der Waals surface area contributed by atoms with Crippen LogP contribution in [0.1, 0.15) is 45.1 Å². The monoisotopic (exact) mass is 401 g/mol. The van der Waals surface area contributed by atoms with E-state index in [0.29, 0.717) is 25.3 Å². The lowest BCUT2D eigenvalue weighted by molar-refractivity contribution is -0.119. The molecule has 3 N–H and O–H groups in total. The van der Waals surface area contributed by atoms with Crippen LogP contribution in [-0.4, -0.2) is 35.8 Å². The summed E-state index contributed by atoms with van der Waals surface area (Å²) in [5.74, 6) is 0.346. The van der Waals surface area contributed by atoms with Crippen molar-refractivity contribution in [2.75, 3.05) is 13.2 Å². The fraction of sp³-hybridized carbons (Fsp3) is 0.545. The first-order valence-corrected chi connectivity index (χ1v) is 10.4. The van der Waals surface area contributed by atoms with Gasteiger partial charge < -0.3 is 25.1 Å². The number of carbonyl (C=O) groups excluding carboxylic acids is 1. The van der Waals surface area contributed by atoms with Gasteiger partial charge in [-0.25, -0.2) is 0 Å². The molecule has 7 nitrogen and oxygen atoms in total. The Morgan fingerprint density at radius 3 is 2.76 bits per heavy atom. The number of carbonyl (C=O) groups is 1. The fourth-order valence-corrected chi connectivity index (χ4v) is 3.70. The van der Waals surface area contributed by atoms with Crippen LogP contribution in [-0.2, 0) is 22.6 Å². The third kappa shape index (κ3) is 5.36. The molecule has 0 saturated heterocycles. The zero-order valence-electron chi connectivity index (χ0n) is 17.3. The van der Waals surface area contributed by atoms with Crippen molar-refractivity contribution >= 4 is 16.8 Å². The van der Waals surface area contributed by atoms with Gasteiger partial charge in [0.2, 0.25) is 5.91 Å². The van der Waals surface area contributed by atoms with E-state index in [4.69, 9.17) is 15.2 Å². The van der Waals surface area contributed by atoms with E-state index in [1.54, 1.807) is 11.5 Å². The second kappa shape index (κ2) is 9.89. The minimum absolute atomic E-state index is 0.0978. The number of primary amides is 1. The van der Waals surface area contributed by atoms with Gasteiger partial charge in [-0.1, -0.05) is 0 Å². The molecule has 1 saturated carbocycles. The summed E-state index contributed by atoms with van der Waals surface area (Å²) in [7, 11) is 0. The quantitative estimate of drug-likeness (QED) is 0.596. The van der Waals surface area contributed by atoms with Crippen molar-refractivity contribution in [1.82, 2.24) is 9.88 Å². The van der Waals surface area contributed by atoms with E-state index in [2.05, 4.69) is 5.32 Å². The second-order valence-corrected chi connectivity index (χ2v) is 7.57. The van der Waals surface area contributed by atoms with Gasteiger partial charge in [0.05, 0.1) is 24.3 Å². The van der Waals surface area contributed by atoms with Crippen LogP contribution in [0, 0.1) is 0 Å². The molecule has 1 amide bonds. The Labute approximate surface area is 171 Å². The number of benzene rings is 1. The van der Waals surface area contributed by atoms with E-state index in [0.717, 1.165) is 29.5 Å². The normalized spacial score (nSPS) is 15.7. The largest absolute Gasteiger partial charge is 0.490 e. The van der Waals surface area contributed by atoms with E-state index < -0.39 is 11.9 Å². The smallest absolute Gasteiger partial charge is 0.255 e. The average molecular weight is 402 g/mol. The summed E-state index contributed by atoms with van der Waals surface area (Å²) in [5, 5.41) is 3.96. The average Bonchev–Trinajstić information content (AvgIpc) is 3.21. The number of pyridine rings is 1. The van der Waals surface area contributed by atoms with Gasteiger partial charge in [0.1, 0.15) is 5.75 Å². The number of aromatic nitrogens is 1. The van der Waals surface area contributed by atoms with Gasteiger partial charge in [-0.15, -0.1) is 0 Å². The Bertz CT molecular complexity index is 903. The number of hydrogen-bond donors (Lipinski definition) is 2. The molecule has 3 rings (SSSR count). The standard InChI is InChI=1S/C22H31N3O4/c1-3-28-11-10-25-20-13-19(29-18-6-4-5-7-18)9-8-16(20)12-17(22(25)27)14-24-15(2)21(23)26/h8-9,12-13,15,18,24H,3-7,10-11,14H2,1-2H3,(H2,23,26). The highest BCUT2D eigenvalue weighted by Crippen LogP contribution is 2.27. The number of nitrogens with two attached hydrogens (primary N) is 1. The number of ether oxygens (including phenoxy) is 2. The van der Waals surface area contributed by atoms with E-state index in [1.807, 2.05) is 31.2 Å². The minimum Gasteiger partial charge on any atom is -0.490 e. The van der Waals surface area contributed by atoms with Gasteiger partial charge in [-0.05, 0) is 63.1 Å². The molecule has 0 spiro atoms. The van der Waals surface area contributed by atoms with E-state index >= 15 is 0 Å². The van der Waals surface area contributed by atoms with Crippen molar-refractivity contribution in [3.8, 4) is 5.75 Å². The summed E-state index contributed by atoms with van der Waals surface area (Å²) in [5.41, 5.74) is 6.63. The maximum Gasteiger partial charge on any atom is 0.255 e. The first-order valence-electron chi connectivity index (χ1n) is 10.4. The van der Waals surface area contributed by atoms with E-state index in [1.165, 1.54) is 12.8 Å². The molecule has 2 aromatic rings. The summed E-state index contributed by atoms with van der Waals surface area (Å²) in [6, 6.07) is 7.25. The number of rotatable bonds is 10. The number of hydrogen-bond acceptors (Lipinski definition) is 5. The Morgan fingerprint density at radius 2 is 2.07 bits per heavy atom. The predicted molar refractivity (Wildman–Crippen MR) is 113 cm³/mol. The Hall–Kier alpha value is -2.38. The fourth-order valence-electron chi connectivity index (χ4n) is 3.70. The number of amides is 1. The third-order valence-electron chi connectivity index (χ3n) is 5.44. The van der Waals surface area contributed by atoms with Crippen LogP contribution in [0.25, 0.3) is 10.9 Å². The zero-order valence-corrected chi connectivity index (χ0v) is 17.3. The third-order valence-corrected chi connectivity index (χ3v) is 5.44. The maximum absolute atomic E-state index is 13.1. The number of nitrogens with zero attached hydrogens (tertiary/aromatic N) is 1. The van der Waals surface area contributed by atoms with Crippen LogP contribution in [0.2, 0.25) is 0 Å². The summed E-state index contributed by atoms with van der Waals surface area (Å²) in [6.07, 6.45) is 4.83. The maximum atomic E-state index is 13.1. The van der Waals surface area contributed by atoms with Gasteiger partial charge in [0.15, 0.2) is 0 Å². The molecule has 0 aliphatic heterocycles. The van der Waals surface area contributed by atoms with Crippen LogP contribution < -0.4 is 21.3 Å². The SMILES string of the molecule is CCOCCn1c(=O)c(CNC(C)C(N)=O)cc2ccc(OC3CCCC3)cc21. The van der Waals surface area contributed by atoms with Crippen molar-refractivity contribution in [2.24, 2.45) is 5.73 Å². The molecule has 1 heterocycles. The molecule has 1 aliphatic carbocycles. The predicted octanol–water partition coefficient (Wildman–Crippen LogP) is 2.32. The minimum atomic E-state index is -0.510. The van der Waals surface area contributed by atoms with Crippen molar-refractivity contribution in [3.05, 3.63) is 40.2 Å². The molecule has 1 unspecified atom stereocenters. The highest BCUT2D eigenvalue weighted by atomic mass is 16.5. The van der Waals surface area contributed by atoms with Gasteiger partial charge >= 0.3 is 0 Å². The van der Waals surface area contributed by atoms with Gasteiger partial charge in [-0.3, -0.25) is 9.59 Å². The Kier molecular flexibility index (Phi) is 7.28. The van der Waals surface area contributed by atoms with Crippen LogP contribution in [0.15, 0.2) is 29.1 Å². The molecule has 1 aliphatic rings. The Morgan fingerprint density at radius 1 is 1.31 bits per heavy atom. The second-order valence-electron chi connectivity index (χ2n) is 7.57. The van der Waals surface area contributed by atoms with Crippen LogP contribution >= 0.6 is 0 Å². The lowest BCUT2D eigenvalue weighted by Crippen LogP contribution is -2.39. The van der Waals surface area contributed by atoms with Crippen molar-refractivity contribution in [1.29, 1.82) is 0 Å². The van der Waals surface area contributed by atoms with Crippen molar-refractivity contribution < 1.29 is 14.3 Å². The van der Waals surface area contributed by atoms with Gasteiger partial charge in [0.25, 0.3) is 5.56 Å². The molecule has 1 fully saturated rings. The molecule has 158 valence electrons. The summed E-state index contributed by atoms with van der Waals surface area (Å²) in [4.78, 5) is 24.4. The molecular formula is C22H31N3O4. The van der Waals surface area contributed by atoms with Gasteiger partial charge in [-0.2, -0.15) is 0 Å². The van der Waals surface area contributed by atoms with Crippen molar-refractivity contribution in [3.63, 3.8) is 0 Å². The zero-order chi connectivity index (χ0) is 20.8. The first-order chi connectivity index (χ1) is 14.0. The van der Waals surface area contributed by atoms with Crippen LogP contribution in [0.5, 0.6) is 5.75 Å². The topological polar surface area (TPSA) is 95.6 Å². The van der Waals surface area contributed by atoms with Gasteiger partial charge in [0, 0.05) is 31.3 Å². The molecule has 0 radical (unpaired) electrons. The number of fused-ring (bicyclic) bond motifs is 1. The molecule has 0 bridgehead atoms.